The molecule has 0 saturated carbocycles. The quantitative estimate of drug-likeness (QED) is 0.673. The number of likely N-dealkylation sites (tertiary alicyclic amines) is 1. The van der Waals surface area contributed by atoms with E-state index in [9.17, 15) is 14.4 Å². The molecule has 0 atom stereocenters. The molecule has 144 valence electrons. The maximum atomic E-state index is 12.6. The molecule has 1 aliphatic heterocycles. The largest absolute Gasteiger partial charge is 0.466 e. The van der Waals surface area contributed by atoms with Crippen molar-refractivity contribution in [3.05, 3.63) is 39.4 Å². The van der Waals surface area contributed by atoms with Gasteiger partial charge in [0.1, 0.15) is 0 Å². The number of piperidine rings is 1. The lowest BCUT2D eigenvalue weighted by Crippen LogP contribution is -2.41. The highest BCUT2D eigenvalue weighted by Gasteiger charge is 2.28. The second-order valence-electron chi connectivity index (χ2n) is 6.56. The van der Waals surface area contributed by atoms with Crippen LogP contribution in [0.1, 0.15) is 26.2 Å². The highest BCUT2D eigenvalue weighted by atomic mass is 79.9. The third-order valence-corrected chi connectivity index (χ3v) is 5.31. The topological polar surface area (TPSA) is 81.5 Å². The van der Waals surface area contributed by atoms with Gasteiger partial charge in [0.05, 0.1) is 29.8 Å². The molecule has 3 rings (SSSR count). The first kappa shape index (κ1) is 19.5. The van der Waals surface area contributed by atoms with Gasteiger partial charge in [0.2, 0.25) is 5.91 Å². The Morgan fingerprint density at radius 2 is 2.04 bits per heavy atom. The van der Waals surface area contributed by atoms with Crippen LogP contribution in [0.2, 0.25) is 0 Å². The van der Waals surface area contributed by atoms with Crippen molar-refractivity contribution in [1.29, 1.82) is 0 Å². The SMILES string of the molecule is CCOC(=O)C1CCN(C(=O)CCn2cnc3ccc(Br)cc3c2=O)CC1. The average Bonchev–Trinajstić information content (AvgIpc) is 2.68. The maximum absolute atomic E-state index is 12.6. The van der Waals surface area contributed by atoms with Gasteiger partial charge in [-0.05, 0) is 38.0 Å². The summed E-state index contributed by atoms with van der Waals surface area (Å²) in [6, 6.07) is 5.36. The molecular weight excluding hydrogens is 414 g/mol. The summed E-state index contributed by atoms with van der Waals surface area (Å²) in [5, 5.41) is 0.523. The summed E-state index contributed by atoms with van der Waals surface area (Å²) in [5.41, 5.74) is 0.474. The Kier molecular flexibility index (Phi) is 6.26. The van der Waals surface area contributed by atoms with Gasteiger partial charge in [-0.15, -0.1) is 0 Å². The Morgan fingerprint density at radius 1 is 1.30 bits per heavy atom. The molecule has 1 aliphatic rings. The summed E-state index contributed by atoms with van der Waals surface area (Å²) in [6.07, 6.45) is 2.95. The fourth-order valence-corrected chi connectivity index (χ4v) is 3.65. The van der Waals surface area contributed by atoms with Crippen molar-refractivity contribution in [3.8, 4) is 0 Å². The Hall–Kier alpha value is -2.22. The lowest BCUT2D eigenvalue weighted by molar-refractivity contribution is -0.151. The van der Waals surface area contributed by atoms with Gasteiger partial charge in [-0.25, -0.2) is 4.98 Å². The number of hydrogen-bond donors (Lipinski definition) is 0. The third-order valence-electron chi connectivity index (χ3n) is 4.82. The number of halogens is 1. The smallest absolute Gasteiger partial charge is 0.309 e. The lowest BCUT2D eigenvalue weighted by Gasteiger charge is -2.31. The zero-order chi connectivity index (χ0) is 19.4. The minimum absolute atomic E-state index is 0.0152. The van der Waals surface area contributed by atoms with Crippen molar-refractivity contribution < 1.29 is 14.3 Å². The number of benzene rings is 1. The fourth-order valence-electron chi connectivity index (χ4n) is 3.29. The van der Waals surface area contributed by atoms with Gasteiger partial charge in [-0.1, -0.05) is 15.9 Å². The van der Waals surface area contributed by atoms with Crippen LogP contribution in [0.4, 0.5) is 0 Å². The monoisotopic (exact) mass is 435 g/mol. The number of carbonyl (C=O) groups is 2. The highest BCUT2D eigenvalue weighted by Crippen LogP contribution is 2.19. The Labute approximate surface area is 165 Å². The van der Waals surface area contributed by atoms with Crippen LogP contribution in [0.15, 0.2) is 33.8 Å². The molecule has 1 saturated heterocycles. The van der Waals surface area contributed by atoms with Crippen molar-refractivity contribution in [2.75, 3.05) is 19.7 Å². The number of amides is 1. The number of carbonyl (C=O) groups excluding carboxylic acids is 2. The first-order valence-corrected chi connectivity index (χ1v) is 9.88. The van der Waals surface area contributed by atoms with Crippen LogP contribution >= 0.6 is 15.9 Å². The average molecular weight is 436 g/mol. The van der Waals surface area contributed by atoms with E-state index in [1.807, 2.05) is 6.07 Å². The number of fused-ring (bicyclic) bond motifs is 1. The number of nitrogens with zero attached hydrogens (tertiary/aromatic N) is 3. The Morgan fingerprint density at radius 3 is 2.74 bits per heavy atom. The fraction of sp³-hybridized carbons (Fsp3) is 0.474. The molecule has 27 heavy (non-hydrogen) atoms. The zero-order valence-electron chi connectivity index (χ0n) is 15.2. The molecule has 0 N–H and O–H groups in total. The van der Waals surface area contributed by atoms with Gasteiger partial charge in [-0.2, -0.15) is 0 Å². The number of rotatable bonds is 5. The molecule has 0 aliphatic carbocycles. The Bertz CT molecular complexity index is 903. The number of esters is 1. The molecule has 0 unspecified atom stereocenters. The summed E-state index contributed by atoms with van der Waals surface area (Å²) >= 11 is 3.36. The van der Waals surface area contributed by atoms with Crippen molar-refractivity contribution >= 4 is 38.7 Å². The molecule has 0 radical (unpaired) electrons. The molecule has 1 aromatic heterocycles. The van der Waals surface area contributed by atoms with Crippen LogP contribution in [0.5, 0.6) is 0 Å². The van der Waals surface area contributed by atoms with Gasteiger partial charge in [0, 0.05) is 30.5 Å². The summed E-state index contributed by atoms with van der Waals surface area (Å²) in [4.78, 5) is 42.9. The summed E-state index contributed by atoms with van der Waals surface area (Å²) in [6.45, 7) is 3.53. The number of hydrogen-bond acceptors (Lipinski definition) is 5. The lowest BCUT2D eigenvalue weighted by atomic mass is 9.97. The van der Waals surface area contributed by atoms with Crippen LogP contribution in [0.3, 0.4) is 0 Å². The van der Waals surface area contributed by atoms with Crippen LogP contribution < -0.4 is 5.56 Å². The van der Waals surface area contributed by atoms with E-state index in [0.717, 1.165) is 4.47 Å². The normalized spacial score (nSPS) is 15.1. The van der Waals surface area contributed by atoms with Gasteiger partial charge in [-0.3, -0.25) is 19.0 Å². The molecule has 1 fully saturated rings. The van der Waals surface area contributed by atoms with E-state index in [4.69, 9.17) is 4.74 Å². The minimum atomic E-state index is -0.176. The molecule has 7 nitrogen and oxygen atoms in total. The number of aromatic nitrogens is 2. The van der Waals surface area contributed by atoms with Crippen LogP contribution in [0, 0.1) is 5.92 Å². The summed E-state index contributed by atoms with van der Waals surface area (Å²) in [5.74, 6) is -0.317. The zero-order valence-corrected chi connectivity index (χ0v) is 16.8. The van der Waals surface area contributed by atoms with E-state index in [-0.39, 0.29) is 36.3 Å². The molecule has 0 bridgehead atoms. The second-order valence-corrected chi connectivity index (χ2v) is 7.48. The Balaban J connectivity index is 1.58. The third kappa shape index (κ3) is 4.55. The molecule has 8 heteroatoms. The van der Waals surface area contributed by atoms with Crippen LogP contribution in [-0.4, -0.2) is 46.0 Å². The van der Waals surface area contributed by atoms with E-state index in [2.05, 4.69) is 20.9 Å². The number of ether oxygens (including phenoxy) is 1. The molecule has 2 aromatic rings. The van der Waals surface area contributed by atoms with Crippen molar-refractivity contribution in [2.45, 2.75) is 32.7 Å². The van der Waals surface area contributed by atoms with E-state index >= 15 is 0 Å². The standard InChI is InChI=1S/C19H22BrN3O4/c1-2-27-19(26)13-5-8-22(9-6-13)17(24)7-10-23-12-21-16-4-3-14(20)11-15(16)18(23)25/h3-4,11-13H,2,5-10H2,1H3. The first-order valence-electron chi connectivity index (χ1n) is 9.08. The van der Waals surface area contributed by atoms with E-state index in [1.54, 1.807) is 24.0 Å². The van der Waals surface area contributed by atoms with Crippen molar-refractivity contribution in [2.24, 2.45) is 5.92 Å². The molecule has 1 amide bonds. The van der Waals surface area contributed by atoms with E-state index in [1.165, 1.54) is 10.9 Å². The highest BCUT2D eigenvalue weighted by molar-refractivity contribution is 9.10. The summed E-state index contributed by atoms with van der Waals surface area (Å²) < 4.78 is 7.33. The maximum Gasteiger partial charge on any atom is 0.309 e. The van der Waals surface area contributed by atoms with E-state index in [0.29, 0.717) is 43.4 Å². The minimum Gasteiger partial charge on any atom is -0.466 e. The van der Waals surface area contributed by atoms with Gasteiger partial charge in [0.25, 0.3) is 5.56 Å². The predicted octanol–water partition coefficient (Wildman–Crippen LogP) is 2.35. The molecule has 1 aromatic carbocycles. The van der Waals surface area contributed by atoms with Gasteiger partial charge >= 0.3 is 5.97 Å². The van der Waals surface area contributed by atoms with Gasteiger partial charge < -0.3 is 9.64 Å². The van der Waals surface area contributed by atoms with Crippen LogP contribution in [0.25, 0.3) is 10.9 Å². The molecule has 2 heterocycles. The molecule has 0 spiro atoms. The second kappa shape index (κ2) is 8.65. The first-order chi connectivity index (χ1) is 13.0. The van der Waals surface area contributed by atoms with Crippen LogP contribution in [-0.2, 0) is 20.9 Å². The summed E-state index contributed by atoms with van der Waals surface area (Å²) in [7, 11) is 0. The molecular formula is C19H22BrN3O4. The van der Waals surface area contributed by atoms with E-state index < -0.39 is 0 Å². The van der Waals surface area contributed by atoms with Crippen molar-refractivity contribution in [1.82, 2.24) is 14.5 Å². The van der Waals surface area contributed by atoms with Crippen molar-refractivity contribution in [3.63, 3.8) is 0 Å². The number of aryl methyl sites for hydroxylation is 1. The van der Waals surface area contributed by atoms with Gasteiger partial charge in [0.15, 0.2) is 0 Å². The predicted molar refractivity (Wildman–Crippen MR) is 104 cm³/mol.